The number of halogens is 1. The van der Waals surface area contributed by atoms with E-state index in [2.05, 4.69) is 54.0 Å². The average molecular weight is 259 g/mol. The van der Waals surface area contributed by atoms with Crippen molar-refractivity contribution in [3.05, 3.63) is 28.7 Å². The van der Waals surface area contributed by atoms with Crippen molar-refractivity contribution >= 4 is 27.7 Å². The molecule has 0 unspecified atom stereocenters. The molecule has 0 bridgehead atoms. The Labute approximate surface area is 93.2 Å². The Morgan fingerprint density at radius 1 is 1.38 bits per heavy atom. The fourth-order valence-electron chi connectivity index (χ4n) is 0.969. The van der Waals surface area contributed by atoms with Gasteiger partial charge in [-0.15, -0.1) is 11.8 Å². The van der Waals surface area contributed by atoms with E-state index in [4.69, 9.17) is 0 Å². The van der Waals surface area contributed by atoms with E-state index in [1.54, 1.807) is 0 Å². The van der Waals surface area contributed by atoms with Crippen molar-refractivity contribution < 1.29 is 0 Å². The molecule has 0 heterocycles. The Morgan fingerprint density at radius 2 is 2.15 bits per heavy atom. The molecule has 0 aliphatic heterocycles. The lowest BCUT2D eigenvalue weighted by atomic mass is 10.2. The number of benzene rings is 1. The van der Waals surface area contributed by atoms with Crippen molar-refractivity contribution in [1.82, 2.24) is 0 Å². The first-order chi connectivity index (χ1) is 6.18. The van der Waals surface area contributed by atoms with Crippen LogP contribution in [0.25, 0.3) is 0 Å². The van der Waals surface area contributed by atoms with Crippen molar-refractivity contribution in [2.24, 2.45) is 5.92 Å². The molecule has 2 heteroatoms. The minimum atomic E-state index is 0.805. The van der Waals surface area contributed by atoms with E-state index in [9.17, 15) is 0 Å². The highest BCUT2D eigenvalue weighted by molar-refractivity contribution is 9.10. The summed E-state index contributed by atoms with van der Waals surface area (Å²) in [5.74, 6) is 2.02. The Bertz CT molecular complexity index is 258. The summed E-state index contributed by atoms with van der Waals surface area (Å²) in [5, 5.41) is 0. The maximum Gasteiger partial charge on any atom is 0.0186 e. The molecule has 1 aromatic rings. The maximum atomic E-state index is 3.47. The van der Waals surface area contributed by atoms with Gasteiger partial charge in [-0.2, -0.15) is 0 Å². The van der Waals surface area contributed by atoms with Crippen LogP contribution in [-0.2, 0) is 0 Å². The van der Waals surface area contributed by atoms with Gasteiger partial charge < -0.3 is 0 Å². The van der Waals surface area contributed by atoms with Crippen molar-refractivity contribution in [2.75, 3.05) is 5.75 Å². The van der Waals surface area contributed by atoms with Gasteiger partial charge in [0.25, 0.3) is 0 Å². The molecule has 0 atom stereocenters. The Balaban J connectivity index is 2.37. The molecule has 0 saturated carbocycles. The van der Waals surface area contributed by atoms with Crippen LogP contribution in [0.15, 0.2) is 33.6 Å². The largest absolute Gasteiger partial charge is 0.126 e. The molecule has 0 aliphatic carbocycles. The second-order valence-electron chi connectivity index (χ2n) is 3.49. The number of thioether (sulfide) groups is 1. The van der Waals surface area contributed by atoms with Gasteiger partial charge in [0.05, 0.1) is 0 Å². The second-order valence-corrected chi connectivity index (χ2v) is 5.57. The van der Waals surface area contributed by atoms with Gasteiger partial charge in [-0.1, -0.05) is 35.8 Å². The van der Waals surface area contributed by atoms with Gasteiger partial charge in [-0.3, -0.25) is 0 Å². The fraction of sp³-hybridized carbons (Fsp3) is 0.455. The lowest BCUT2D eigenvalue weighted by Crippen LogP contribution is -1.88. The Kier molecular flexibility index (Phi) is 4.89. The maximum absolute atomic E-state index is 3.47. The van der Waals surface area contributed by atoms with E-state index >= 15 is 0 Å². The first-order valence-corrected chi connectivity index (χ1v) is 6.34. The summed E-state index contributed by atoms with van der Waals surface area (Å²) in [5.41, 5.74) is 0. The molecule has 0 fully saturated rings. The average Bonchev–Trinajstić information content (AvgIpc) is 2.03. The topological polar surface area (TPSA) is 0 Å². The van der Waals surface area contributed by atoms with E-state index in [1.165, 1.54) is 21.5 Å². The van der Waals surface area contributed by atoms with Crippen LogP contribution in [-0.4, -0.2) is 5.75 Å². The highest BCUT2D eigenvalue weighted by Gasteiger charge is 1.97. The lowest BCUT2D eigenvalue weighted by molar-refractivity contribution is 0.632. The summed E-state index contributed by atoms with van der Waals surface area (Å²) in [7, 11) is 0. The SMILES string of the molecule is CC(C)CCSc1cccc(Br)c1. The van der Waals surface area contributed by atoms with Crippen LogP contribution in [0.5, 0.6) is 0 Å². The van der Waals surface area contributed by atoms with Crippen LogP contribution >= 0.6 is 27.7 Å². The monoisotopic (exact) mass is 258 g/mol. The van der Waals surface area contributed by atoms with Gasteiger partial charge in [0.1, 0.15) is 0 Å². The van der Waals surface area contributed by atoms with Crippen LogP contribution in [0.3, 0.4) is 0 Å². The summed E-state index contributed by atoms with van der Waals surface area (Å²) >= 11 is 5.40. The molecule has 0 amide bonds. The van der Waals surface area contributed by atoms with Gasteiger partial charge in [-0.25, -0.2) is 0 Å². The molecule has 0 nitrogen and oxygen atoms in total. The lowest BCUT2D eigenvalue weighted by Gasteiger charge is -2.04. The van der Waals surface area contributed by atoms with Crippen LogP contribution in [0.1, 0.15) is 20.3 Å². The van der Waals surface area contributed by atoms with E-state index in [0.717, 1.165) is 5.92 Å². The van der Waals surface area contributed by atoms with Crippen molar-refractivity contribution in [3.63, 3.8) is 0 Å². The predicted octanol–water partition coefficient (Wildman–Crippen LogP) is 4.59. The highest BCUT2D eigenvalue weighted by Crippen LogP contribution is 2.23. The standard InChI is InChI=1S/C11H15BrS/c1-9(2)6-7-13-11-5-3-4-10(12)8-11/h3-5,8-9H,6-7H2,1-2H3. The highest BCUT2D eigenvalue weighted by atomic mass is 79.9. The van der Waals surface area contributed by atoms with E-state index in [-0.39, 0.29) is 0 Å². The third-order valence-corrected chi connectivity index (χ3v) is 3.28. The van der Waals surface area contributed by atoms with Gasteiger partial charge in [0.15, 0.2) is 0 Å². The molecule has 1 rings (SSSR count). The molecule has 0 aromatic heterocycles. The number of hydrogen-bond donors (Lipinski definition) is 0. The Morgan fingerprint density at radius 3 is 2.77 bits per heavy atom. The van der Waals surface area contributed by atoms with Gasteiger partial charge in [0, 0.05) is 9.37 Å². The van der Waals surface area contributed by atoms with E-state index in [1.807, 2.05) is 11.8 Å². The van der Waals surface area contributed by atoms with Crippen molar-refractivity contribution in [2.45, 2.75) is 25.2 Å². The van der Waals surface area contributed by atoms with Crippen LogP contribution in [0.2, 0.25) is 0 Å². The minimum Gasteiger partial charge on any atom is -0.126 e. The first kappa shape index (κ1) is 11.1. The molecule has 0 saturated heterocycles. The summed E-state index contributed by atoms with van der Waals surface area (Å²) in [6, 6.07) is 8.48. The third-order valence-electron chi connectivity index (χ3n) is 1.76. The minimum absolute atomic E-state index is 0.805. The van der Waals surface area contributed by atoms with Gasteiger partial charge >= 0.3 is 0 Å². The molecule has 72 valence electrons. The fourth-order valence-corrected chi connectivity index (χ4v) is 2.73. The molecule has 0 radical (unpaired) electrons. The van der Waals surface area contributed by atoms with E-state index < -0.39 is 0 Å². The molecular formula is C11H15BrS. The second kappa shape index (κ2) is 5.71. The molecule has 0 spiro atoms. The summed E-state index contributed by atoms with van der Waals surface area (Å²) in [4.78, 5) is 1.36. The third kappa shape index (κ3) is 4.72. The zero-order valence-corrected chi connectivity index (χ0v) is 10.5. The molecule has 1 aromatic carbocycles. The van der Waals surface area contributed by atoms with Crippen molar-refractivity contribution in [3.8, 4) is 0 Å². The smallest absolute Gasteiger partial charge is 0.0186 e. The molecule has 0 aliphatic rings. The summed E-state index contributed by atoms with van der Waals surface area (Å²) in [6.45, 7) is 4.53. The van der Waals surface area contributed by atoms with Gasteiger partial charge in [-0.05, 0) is 36.3 Å². The molecule has 13 heavy (non-hydrogen) atoms. The summed E-state index contributed by atoms with van der Waals surface area (Å²) < 4.78 is 1.17. The van der Waals surface area contributed by atoms with E-state index in [0.29, 0.717) is 0 Å². The zero-order chi connectivity index (χ0) is 9.68. The number of rotatable bonds is 4. The van der Waals surface area contributed by atoms with Crippen LogP contribution < -0.4 is 0 Å². The quantitative estimate of drug-likeness (QED) is 0.713. The first-order valence-electron chi connectivity index (χ1n) is 4.57. The molecule has 0 N–H and O–H groups in total. The van der Waals surface area contributed by atoms with Gasteiger partial charge in [0.2, 0.25) is 0 Å². The number of hydrogen-bond acceptors (Lipinski definition) is 1. The van der Waals surface area contributed by atoms with Crippen LogP contribution in [0.4, 0.5) is 0 Å². The summed E-state index contributed by atoms with van der Waals surface area (Å²) in [6.07, 6.45) is 1.29. The zero-order valence-electron chi connectivity index (χ0n) is 8.09. The Hall–Kier alpha value is 0.0500. The molecular weight excluding hydrogens is 244 g/mol. The normalized spacial score (nSPS) is 10.8. The van der Waals surface area contributed by atoms with Crippen molar-refractivity contribution in [1.29, 1.82) is 0 Å². The predicted molar refractivity (Wildman–Crippen MR) is 64.3 cm³/mol. The van der Waals surface area contributed by atoms with Crippen LogP contribution in [0, 0.1) is 5.92 Å².